The molecule has 6 heteroatoms. The molecule has 0 bridgehead atoms. The number of aryl methyl sites for hydroxylation is 1. The van der Waals surface area contributed by atoms with Crippen LogP contribution in [0.2, 0.25) is 0 Å². The highest BCUT2D eigenvalue weighted by atomic mass is 16.3. The summed E-state index contributed by atoms with van der Waals surface area (Å²) >= 11 is 0. The Morgan fingerprint density at radius 1 is 1.22 bits per heavy atom. The Hall–Kier alpha value is -2.50. The molecule has 0 amide bonds. The smallest absolute Gasteiger partial charge is 0.180 e. The molecule has 18 heavy (non-hydrogen) atoms. The van der Waals surface area contributed by atoms with Gasteiger partial charge in [-0.1, -0.05) is 11.3 Å². The molecule has 0 aromatic carbocycles. The van der Waals surface area contributed by atoms with Crippen molar-refractivity contribution >= 4 is 0 Å². The first kappa shape index (κ1) is 10.6. The van der Waals surface area contributed by atoms with Gasteiger partial charge in [-0.3, -0.25) is 4.98 Å². The van der Waals surface area contributed by atoms with Gasteiger partial charge in [0, 0.05) is 6.20 Å². The van der Waals surface area contributed by atoms with Crippen molar-refractivity contribution in [1.29, 1.82) is 0 Å². The van der Waals surface area contributed by atoms with E-state index in [2.05, 4.69) is 20.3 Å². The fourth-order valence-electron chi connectivity index (χ4n) is 1.59. The van der Waals surface area contributed by atoms with Gasteiger partial charge < -0.3 is 4.42 Å². The van der Waals surface area contributed by atoms with Gasteiger partial charge in [-0.05, 0) is 18.6 Å². The minimum Gasteiger partial charge on any atom is -0.451 e. The van der Waals surface area contributed by atoms with Gasteiger partial charge in [0.1, 0.15) is 17.7 Å². The van der Waals surface area contributed by atoms with E-state index in [9.17, 15) is 0 Å². The van der Waals surface area contributed by atoms with E-state index in [0.29, 0.717) is 6.54 Å². The van der Waals surface area contributed by atoms with Crippen molar-refractivity contribution in [3.63, 3.8) is 0 Å². The topological polar surface area (TPSA) is 69.6 Å². The van der Waals surface area contributed by atoms with Crippen LogP contribution in [-0.2, 0) is 6.54 Å². The second-order valence-electron chi connectivity index (χ2n) is 4.00. The Balaban J connectivity index is 1.83. The number of hydrogen-bond acceptors (Lipinski definition) is 5. The Morgan fingerprint density at radius 2 is 2.17 bits per heavy atom. The van der Waals surface area contributed by atoms with E-state index in [0.717, 1.165) is 22.6 Å². The van der Waals surface area contributed by atoms with Crippen molar-refractivity contribution in [1.82, 2.24) is 25.0 Å². The zero-order chi connectivity index (χ0) is 12.4. The lowest BCUT2D eigenvalue weighted by molar-refractivity contribution is 0.553. The summed E-state index contributed by atoms with van der Waals surface area (Å²) in [4.78, 5) is 8.34. The van der Waals surface area contributed by atoms with E-state index in [1.54, 1.807) is 10.9 Å². The molecule has 0 N–H and O–H groups in total. The molecule has 3 aromatic heterocycles. The van der Waals surface area contributed by atoms with Crippen LogP contribution in [0.25, 0.3) is 11.4 Å². The van der Waals surface area contributed by atoms with E-state index in [1.165, 1.54) is 6.39 Å². The van der Waals surface area contributed by atoms with Crippen molar-refractivity contribution in [3.8, 4) is 11.4 Å². The Bertz CT molecular complexity index is 627. The fourth-order valence-corrected chi connectivity index (χ4v) is 1.59. The van der Waals surface area contributed by atoms with Crippen LogP contribution >= 0.6 is 0 Å². The van der Waals surface area contributed by atoms with Crippen LogP contribution in [0, 0.1) is 6.92 Å². The van der Waals surface area contributed by atoms with Gasteiger partial charge in [0.25, 0.3) is 0 Å². The number of hydrogen-bond donors (Lipinski definition) is 0. The molecule has 0 atom stereocenters. The molecule has 90 valence electrons. The van der Waals surface area contributed by atoms with Gasteiger partial charge in [0.15, 0.2) is 6.39 Å². The van der Waals surface area contributed by atoms with Gasteiger partial charge >= 0.3 is 0 Å². The average molecular weight is 241 g/mol. The standard InChI is InChI=1S/C12H11N5O/c1-9-2-3-11(13-4-9)12-6-17(16-15-12)5-10-7-18-8-14-10/h2-4,6-8H,5H2,1H3. The summed E-state index contributed by atoms with van der Waals surface area (Å²) in [5.74, 6) is 0. The highest BCUT2D eigenvalue weighted by molar-refractivity contribution is 5.51. The van der Waals surface area contributed by atoms with Gasteiger partial charge in [-0.25, -0.2) is 9.67 Å². The molecule has 0 aliphatic carbocycles. The van der Waals surface area contributed by atoms with Gasteiger partial charge in [-0.2, -0.15) is 0 Å². The molecular weight excluding hydrogens is 230 g/mol. The molecule has 6 nitrogen and oxygen atoms in total. The van der Waals surface area contributed by atoms with Crippen molar-refractivity contribution in [3.05, 3.63) is 48.4 Å². The molecule has 0 aliphatic rings. The highest BCUT2D eigenvalue weighted by Gasteiger charge is 2.06. The van der Waals surface area contributed by atoms with E-state index in [1.807, 2.05) is 31.5 Å². The maximum atomic E-state index is 4.91. The Morgan fingerprint density at radius 3 is 2.89 bits per heavy atom. The summed E-state index contributed by atoms with van der Waals surface area (Å²) in [5.41, 5.74) is 3.49. The lowest BCUT2D eigenvalue weighted by atomic mass is 10.2. The van der Waals surface area contributed by atoms with Crippen molar-refractivity contribution in [2.24, 2.45) is 0 Å². The predicted molar refractivity (Wildman–Crippen MR) is 63.6 cm³/mol. The van der Waals surface area contributed by atoms with Gasteiger partial charge in [0.2, 0.25) is 0 Å². The molecule has 3 rings (SSSR count). The molecule has 0 saturated heterocycles. The zero-order valence-electron chi connectivity index (χ0n) is 9.82. The maximum Gasteiger partial charge on any atom is 0.180 e. The summed E-state index contributed by atoms with van der Waals surface area (Å²) < 4.78 is 6.61. The van der Waals surface area contributed by atoms with Crippen LogP contribution in [0.15, 0.2) is 41.6 Å². The summed E-state index contributed by atoms with van der Waals surface area (Å²) in [6, 6.07) is 3.93. The number of aromatic nitrogens is 5. The van der Waals surface area contributed by atoms with Crippen LogP contribution in [0.4, 0.5) is 0 Å². The third-order valence-corrected chi connectivity index (χ3v) is 2.52. The van der Waals surface area contributed by atoms with Crippen molar-refractivity contribution in [2.75, 3.05) is 0 Å². The summed E-state index contributed by atoms with van der Waals surface area (Å²) in [7, 11) is 0. The first-order valence-electron chi connectivity index (χ1n) is 5.51. The van der Waals surface area contributed by atoms with E-state index >= 15 is 0 Å². The Labute approximate surface area is 103 Å². The minimum atomic E-state index is 0.537. The van der Waals surface area contributed by atoms with E-state index in [4.69, 9.17) is 4.42 Å². The average Bonchev–Trinajstić information content (AvgIpc) is 3.02. The predicted octanol–water partition coefficient (Wildman–Crippen LogP) is 1.68. The van der Waals surface area contributed by atoms with Crippen LogP contribution < -0.4 is 0 Å². The molecule has 0 aliphatic heterocycles. The van der Waals surface area contributed by atoms with Crippen molar-refractivity contribution < 1.29 is 4.42 Å². The molecule has 0 spiro atoms. The molecule has 0 unspecified atom stereocenters. The van der Waals surface area contributed by atoms with Crippen LogP contribution in [0.1, 0.15) is 11.3 Å². The monoisotopic (exact) mass is 241 g/mol. The number of oxazole rings is 1. The van der Waals surface area contributed by atoms with Crippen LogP contribution in [0.5, 0.6) is 0 Å². The SMILES string of the molecule is Cc1ccc(-c2cn(Cc3cocn3)nn2)nc1. The van der Waals surface area contributed by atoms with E-state index in [-0.39, 0.29) is 0 Å². The van der Waals surface area contributed by atoms with E-state index < -0.39 is 0 Å². The molecule has 3 aromatic rings. The quantitative estimate of drug-likeness (QED) is 0.697. The van der Waals surface area contributed by atoms with Crippen molar-refractivity contribution in [2.45, 2.75) is 13.5 Å². The molecular formula is C12H11N5O. The van der Waals surface area contributed by atoms with Gasteiger partial charge in [0.05, 0.1) is 18.4 Å². The first-order chi connectivity index (χ1) is 8.81. The Kier molecular flexibility index (Phi) is 2.60. The number of pyridine rings is 1. The molecule has 0 radical (unpaired) electrons. The normalized spacial score (nSPS) is 10.7. The largest absolute Gasteiger partial charge is 0.451 e. The van der Waals surface area contributed by atoms with Gasteiger partial charge in [-0.15, -0.1) is 5.10 Å². The molecule has 0 fully saturated rings. The lowest BCUT2D eigenvalue weighted by Crippen LogP contribution is -2.00. The lowest BCUT2D eigenvalue weighted by Gasteiger charge is -1.95. The summed E-state index contributed by atoms with van der Waals surface area (Å²) in [6.45, 7) is 2.54. The molecule has 3 heterocycles. The highest BCUT2D eigenvalue weighted by Crippen LogP contribution is 2.13. The third kappa shape index (κ3) is 2.13. The first-order valence-corrected chi connectivity index (χ1v) is 5.51. The molecule has 0 saturated carbocycles. The number of nitrogens with zero attached hydrogens (tertiary/aromatic N) is 5. The van der Waals surface area contributed by atoms with Crippen LogP contribution in [0.3, 0.4) is 0 Å². The minimum absolute atomic E-state index is 0.537. The zero-order valence-corrected chi connectivity index (χ0v) is 9.82. The third-order valence-electron chi connectivity index (χ3n) is 2.52. The fraction of sp³-hybridized carbons (Fsp3) is 0.167. The number of rotatable bonds is 3. The summed E-state index contributed by atoms with van der Waals surface area (Å²) in [5, 5.41) is 8.12. The second-order valence-corrected chi connectivity index (χ2v) is 4.00. The van der Waals surface area contributed by atoms with Crippen LogP contribution in [-0.4, -0.2) is 25.0 Å². The maximum absolute atomic E-state index is 4.91. The summed E-state index contributed by atoms with van der Waals surface area (Å²) in [6.07, 6.45) is 6.64. The second kappa shape index (κ2) is 4.40.